The number of ether oxygens (including phenoxy) is 2. The summed E-state index contributed by atoms with van der Waals surface area (Å²) in [6.07, 6.45) is 10.6. The Morgan fingerprint density at radius 1 is 1.03 bits per heavy atom. The lowest BCUT2D eigenvalue weighted by atomic mass is 9.84. The van der Waals surface area contributed by atoms with Gasteiger partial charge in [0.15, 0.2) is 0 Å². The summed E-state index contributed by atoms with van der Waals surface area (Å²) in [7, 11) is 3.96. The molecule has 2 amide bonds. The highest BCUT2D eigenvalue weighted by atomic mass is 32.1. The number of thiazole rings is 1. The molecular formula is C53H69N9O5S. The summed E-state index contributed by atoms with van der Waals surface area (Å²) in [5.74, 6) is 0.526. The van der Waals surface area contributed by atoms with Crippen molar-refractivity contribution in [3.63, 3.8) is 0 Å². The van der Waals surface area contributed by atoms with E-state index in [1.54, 1.807) is 23.5 Å². The van der Waals surface area contributed by atoms with E-state index >= 15 is 4.79 Å². The van der Waals surface area contributed by atoms with E-state index in [1.807, 2.05) is 12.3 Å². The number of methoxy groups -OCH3 is 1. The third-order valence-electron chi connectivity index (χ3n) is 17.5. The van der Waals surface area contributed by atoms with Gasteiger partial charge in [0.2, 0.25) is 5.91 Å². The highest BCUT2D eigenvalue weighted by molar-refractivity contribution is 7.10. The predicted octanol–water partition coefficient (Wildman–Crippen LogP) is 6.77. The molecule has 12 rings (SSSR count). The number of hydrazine groups is 1. The van der Waals surface area contributed by atoms with E-state index in [2.05, 4.69) is 94.4 Å². The van der Waals surface area contributed by atoms with Crippen molar-refractivity contribution in [2.45, 2.75) is 127 Å². The van der Waals surface area contributed by atoms with E-state index < -0.39 is 23.5 Å². The second-order valence-corrected chi connectivity index (χ2v) is 23.7. The number of amides is 2. The molecule has 8 aliphatic rings. The number of rotatable bonds is 9. The fraction of sp³-hybridized carbons (Fsp3) is 0.642. The molecule has 1 aromatic carbocycles. The summed E-state index contributed by atoms with van der Waals surface area (Å²) in [6.45, 7) is 13.8. The summed E-state index contributed by atoms with van der Waals surface area (Å²) in [5, 5.41) is 9.12. The smallest absolute Gasteiger partial charge is 0.324 e. The van der Waals surface area contributed by atoms with E-state index in [1.165, 1.54) is 36.8 Å². The van der Waals surface area contributed by atoms with Gasteiger partial charge in [-0.3, -0.25) is 39.1 Å². The van der Waals surface area contributed by atoms with Crippen LogP contribution in [0, 0.1) is 29.1 Å². The Kier molecular flexibility index (Phi) is 11.2. The Bertz CT molecular complexity index is 2630. The quantitative estimate of drug-likeness (QED) is 0.172. The Labute approximate surface area is 404 Å². The van der Waals surface area contributed by atoms with Crippen LogP contribution in [0.1, 0.15) is 114 Å². The number of likely N-dealkylation sites (N-methyl/N-ethyl adjacent to an activating group) is 1. The summed E-state index contributed by atoms with van der Waals surface area (Å²) >= 11 is 1.58. The Balaban J connectivity index is 1.01. The van der Waals surface area contributed by atoms with Gasteiger partial charge in [-0.1, -0.05) is 26.8 Å². The second kappa shape index (κ2) is 17.0. The molecule has 362 valence electrons. The number of nitrogens with one attached hydrogen (secondary N) is 2. The number of carbonyl (C=O) groups is 3. The Hall–Kier alpha value is -4.25. The first kappa shape index (κ1) is 44.9. The van der Waals surface area contributed by atoms with Gasteiger partial charge < -0.3 is 19.4 Å². The van der Waals surface area contributed by atoms with Crippen LogP contribution in [0.15, 0.2) is 41.9 Å². The van der Waals surface area contributed by atoms with Crippen molar-refractivity contribution in [3.05, 3.63) is 58.2 Å². The maximum Gasteiger partial charge on any atom is 0.324 e. The van der Waals surface area contributed by atoms with Crippen LogP contribution < -0.4 is 10.7 Å². The van der Waals surface area contributed by atoms with Crippen molar-refractivity contribution in [3.8, 4) is 22.5 Å². The van der Waals surface area contributed by atoms with Crippen LogP contribution in [-0.4, -0.2) is 136 Å². The van der Waals surface area contributed by atoms with Gasteiger partial charge in [-0.05, 0) is 126 Å². The molecule has 3 saturated carbocycles. The molecule has 14 nitrogen and oxygen atoms in total. The molecule has 3 aromatic heterocycles. The van der Waals surface area contributed by atoms with Gasteiger partial charge in [0.25, 0.3) is 5.91 Å². The fourth-order valence-electron chi connectivity index (χ4n) is 13.1. The first-order valence-corrected chi connectivity index (χ1v) is 26.5. The molecular weight excluding hydrogens is 875 g/mol. The number of esters is 1. The maximum absolute atomic E-state index is 15.3. The molecule has 4 saturated heterocycles. The SMILES string of the molecule is CO[C@@H](C)c1ncccc1-c1c2c3cc(ccc3n1C1CN(C3CC3)C1)-c1csc(n1)[C@@H](N1CC3(CCCN3C)C1)[C@H](NC(=O)[C@H]1[C@H](C)[C@@H]1C1CC1)C(=O)N1CCC[C@H](N1)C(=O)OCC(C)(C)C2. The lowest BCUT2D eigenvalue weighted by molar-refractivity contribution is -0.156. The van der Waals surface area contributed by atoms with Crippen molar-refractivity contribution in [1.29, 1.82) is 0 Å². The molecule has 7 fully saturated rings. The fourth-order valence-corrected chi connectivity index (χ4v) is 14.1. The van der Waals surface area contributed by atoms with Crippen LogP contribution in [0.5, 0.6) is 0 Å². The highest BCUT2D eigenvalue weighted by Gasteiger charge is 2.59. The summed E-state index contributed by atoms with van der Waals surface area (Å²) in [5.41, 5.74) is 10.2. The van der Waals surface area contributed by atoms with Crippen molar-refractivity contribution in [2.24, 2.45) is 29.1 Å². The molecule has 7 atom stereocenters. The number of fused-ring (bicyclic) bond motifs is 6. The Morgan fingerprint density at radius 2 is 1.84 bits per heavy atom. The van der Waals surface area contributed by atoms with Crippen LogP contribution >= 0.6 is 11.3 Å². The molecule has 3 aliphatic carbocycles. The molecule has 5 aliphatic heterocycles. The van der Waals surface area contributed by atoms with Crippen molar-refractivity contribution >= 4 is 40.0 Å². The third kappa shape index (κ3) is 7.82. The number of pyridine rings is 1. The first-order valence-electron chi connectivity index (χ1n) is 25.7. The van der Waals surface area contributed by atoms with Gasteiger partial charge in [0.1, 0.15) is 17.1 Å². The number of hydrogen-bond donors (Lipinski definition) is 2. The largest absolute Gasteiger partial charge is 0.464 e. The van der Waals surface area contributed by atoms with Crippen molar-refractivity contribution in [1.82, 2.24) is 45.0 Å². The zero-order valence-electron chi connectivity index (χ0n) is 40.7. The second-order valence-electron chi connectivity index (χ2n) is 22.8. The van der Waals surface area contributed by atoms with E-state index in [-0.39, 0.29) is 48.0 Å². The molecule has 4 aromatic rings. The number of nitrogens with zero attached hydrogens (tertiary/aromatic N) is 7. The van der Waals surface area contributed by atoms with Gasteiger partial charge in [-0.15, -0.1) is 11.3 Å². The van der Waals surface area contributed by atoms with Gasteiger partial charge >= 0.3 is 5.97 Å². The minimum atomic E-state index is -0.912. The van der Waals surface area contributed by atoms with Crippen molar-refractivity contribution < 1.29 is 23.9 Å². The standard InChI is InChI=1S/C53H69N9O5S/c1-30-42(32-12-13-32)43(30)48(63)56-45-47(60-27-53(28-60)18-9-20-58(53)5)49-55-40(26-68-49)33-14-17-41-37(22-33)38(23-52(3,4)29-67-51(65)39-11-8-21-61(57-39)50(45)64)46(36-10-7-19-54-44(36)31(2)66-6)62(41)35-24-59(25-35)34-15-16-34/h7,10,14,17,19,22,26,30-32,34-35,39,42-43,45,47,57H,8-9,11-13,15-16,18,20-21,23-25,27-29H2,1-6H3,(H,56,63)/t30-,31+,39+,42-,43+,45+,47+/m1/s1. The third-order valence-corrected chi connectivity index (χ3v) is 18.4. The highest BCUT2D eigenvalue weighted by Crippen LogP contribution is 2.59. The number of aromatic nitrogens is 3. The van der Waals surface area contributed by atoms with Gasteiger partial charge in [-0.25, -0.2) is 10.4 Å². The average molecular weight is 944 g/mol. The van der Waals surface area contributed by atoms with Gasteiger partial charge in [0, 0.05) is 96.4 Å². The average Bonchev–Trinajstić information content (AvgIpc) is 4.28. The lowest BCUT2D eigenvalue weighted by Crippen LogP contribution is -2.70. The van der Waals surface area contributed by atoms with Crippen LogP contribution in [0.25, 0.3) is 33.4 Å². The van der Waals surface area contributed by atoms with E-state index in [9.17, 15) is 9.59 Å². The molecule has 1 spiro atoms. The summed E-state index contributed by atoms with van der Waals surface area (Å²) in [4.78, 5) is 62.1. The lowest BCUT2D eigenvalue weighted by Gasteiger charge is -2.55. The first-order chi connectivity index (χ1) is 32.8. The summed E-state index contributed by atoms with van der Waals surface area (Å²) < 4.78 is 14.9. The van der Waals surface area contributed by atoms with Crippen LogP contribution in [0.4, 0.5) is 0 Å². The molecule has 6 bridgehead atoms. The minimum Gasteiger partial charge on any atom is -0.464 e. The predicted molar refractivity (Wildman–Crippen MR) is 261 cm³/mol. The van der Waals surface area contributed by atoms with E-state index in [4.69, 9.17) is 19.4 Å². The number of carbonyl (C=O) groups excluding carboxylic acids is 3. The Morgan fingerprint density at radius 3 is 2.57 bits per heavy atom. The molecule has 2 N–H and O–H groups in total. The minimum absolute atomic E-state index is 0.0371. The number of cyclic esters (lactones) is 1. The molecule has 0 radical (unpaired) electrons. The topological polar surface area (TPSA) is 137 Å². The van der Waals surface area contributed by atoms with Gasteiger partial charge in [-0.2, -0.15) is 0 Å². The number of hydrogen-bond acceptors (Lipinski definition) is 12. The normalized spacial score (nSPS) is 30.5. The number of likely N-dealkylation sites (tertiary alicyclic amines) is 3. The monoisotopic (exact) mass is 944 g/mol. The molecule has 15 heteroatoms. The number of benzene rings is 1. The van der Waals surface area contributed by atoms with Gasteiger partial charge in [0.05, 0.1) is 41.9 Å². The van der Waals surface area contributed by atoms with Crippen LogP contribution in [0.3, 0.4) is 0 Å². The molecule has 68 heavy (non-hydrogen) atoms. The molecule has 0 unspecified atom stereocenters. The summed E-state index contributed by atoms with van der Waals surface area (Å²) in [6, 6.07) is 9.88. The van der Waals surface area contributed by atoms with Crippen LogP contribution in [-0.2, 0) is 30.3 Å². The zero-order valence-corrected chi connectivity index (χ0v) is 41.5. The van der Waals surface area contributed by atoms with E-state index in [0.717, 1.165) is 84.2 Å². The maximum atomic E-state index is 15.3. The van der Waals surface area contributed by atoms with E-state index in [0.29, 0.717) is 49.6 Å². The van der Waals surface area contributed by atoms with Crippen molar-refractivity contribution in [2.75, 3.05) is 60.0 Å². The van der Waals surface area contributed by atoms with Crippen LogP contribution in [0.2, 0.25) is 0 Å². The molecule has 8 heterocycles. The zero-order chi connectivity index (χ0) is 46.8.